The zero-order chi connectivity index (χ0) is 26.2. The molecule has 3 N–H and O–H groups in total. The molecule has 9 nitrogen and oxygen atoms in total. The molecule has 1 atom stereocenters. The number of likely N-dealkylation sites (tertiary alicyclic amines) is 1. The van der Waals surface area contributed by atoms with Crippen LogP contribution in [0.4, 0.5) is 0 Å². The van der Waals surface area contributed by atoms with E-state index in [-0.39, 0.29) is 17.9 Å². The largest absolute Gasteiger partial charge is 0.382 e. The number of nitrogens with one attached hydrogen (secondary N) is 1. The number of amidine groups is 2. The molecular formula is C28H31N7O2. The van der Waals surface area contributed by atoms with E-state index in [9.17, 15) is 9.59 Å². The van der Waals surface area contributed by atoms with Gasteiger partial charge in [0.15, 0.2) is 0 Å². The standard InChI is InChI=1S/C28H31N7O2/c1-3-8-24(36)35-17-7-9-22(35)19-34-18-16-32-27(29)26(34)25(30-2)20-11-13-21(14-12-20)28(37)33-23-10-5-4-6-15-31-23/h3-6,8,10-14,16,18,22H,2,7,9,15,17,19H2,1H3,(H2,29,32)(H,31,33,37)/b8-3+,26-25-/t22-/m0/s1. The quantitative estimate of drug-likeness (QED) is 0.464. The van der Waals surface area contributed by atoms with E-state index >= 15 is 0 Å². The third-order valence-corrected chi connectivity index (χ3v) is 6.28. The highest BCUT2D eigenvalue weighted by Gasteiger charge is 2.31. The molecule has 4 rings (SSSR count). The van der Waals surface area contributed by atoms with E-state index in [1.165, 1.54) is 0 Å². The second-order valence-electron chi connectivity index (χ2n) is 8.69. The SMILES string of the molecule is C=N/C(=C1/C(N)=NC=CN1C[C@@H]1CCCN1C(=O)/C=C/C)c1ccc(C(=O)NC2=NCC=CC=C2)cc1. The van der Waals surface area contributed by atoms with Gasteiger partial charge < -0.3 is 20.9 Å². The van der Waals surface area contributed by atoms with Gasteiger partial charge in [0.25, 0.3) is 5.91 Å². The number of hydrogen-bond donors (Lipinski definition) is 2. The fraction of sp³-hybridized carbons (Fsp3) is 0.250. The van der Waals surface area contributed by atoms with Gasteiger partial charge in [0.1, 0.15) is 17.4 Å². The zero-order valence-electron chi connectivity index (χ0n) is 20.9. The van der Waals surface area contributed by atoms with Crippen molar-refractivity contribution in [2.45, 2.75) is 25.8 Å². The van der Waals surface area contributed by atoms with Crippen LogP contribution >= 0.6 is 0 Å². The van der Waals surface area contributed by atoms with Gasteiger partial charge in [-0.25, -0.2) is 4.99 Å². The summed E-state index contributed by atoms with van der Waals surface area (Å²) in [5.74, 6) is 0.573. The van der Waals surface area contributed by atoms with Gasteiger partial charge in [0.2, 0.25) is 5.91 Å². The Morgan fingerprint density at radius 2 is 2.03 bits per heavy atom. The van der Waals surface area contributed by atoms with Crippen LogP contribution in [0.5, 0.6) is 0 Å². The van der Waals surface area contributed by atoms with E-state index in [1.807, 2.05) is 41.2 Å². The van der Waals surface area contributed by atoms with Crippen LogP contribution in [0.3, 0.4) is 0 Å². The van der Waals surface area contributed by atoms with Crippen molar-refractivity contribution in [1.29, 1.82) is 0 Å². The number of benzene rings is 1. The number of carbonyl (C=O) groups is 2. The van der Waals surface area contributed by atoms with E-state index in [1.54, 1.807) is 48.7 Å². The Labute approximate surface area is 216 Å². The van der Waals surface area contributed by atoms with Crippen LogP contribution in [0, 0.1) is 0 Å². The van der Waals surface area contributed by atoms with Gasteiger partial charge in [-0.2, -0.15) is 0 Å². The molecule has 0 aromatic heterocycles. The lowest BCUT2D eigenvalue weighted by atomic mass is 10.1. The number of allylic oxidation sites excluding steroid dienone is 3. The van der Waals surface area contributed by atoms with Gasteiger partial charge in [-0.1, -0.05) is 36.4 Å². The number of carbonyl (C=O) groups excluding carboxylic acids is 2. The molecule has 0 radical (unpaired) electrons. The Kier molecular flexibility index (Phi) is 8.25. The summed E-state index contributed by atoms with van der Waals surface area (Å²) in [6.45, 7) is 7.40. The fourth-order valence-electron chi connectivity index (χ4n) is 4.51. The highest BCUT2D eigenvalue weighted by molar-refractivity contribution is 6.10. The minimum absolute atomic E-state index is 0.00987. The van der Waals surface area contributed by atoms with Crippen molar-refractivity contribution in [3.63, 3.8) is 0 Å². The first-order valence-corrected chi connectivity index (χ1v) is 12.2. The van der Waals surface area contributed by atoms with Crippen molar-refractivity contribution >= 4 is 35.9 Å². The molecule has 190 valence electrons. The highest BCUT2D eigenvalue weighted by atomic mass is 16.2. The van der Waals surface area contributed by atoms with Crippen molar-refractivity contribution in [3.05, 3.63) is 89.9 Å². The predicted octanol–water partition coefficient (Wildman–Crippen LogP) is 3.02. The third-order valence-electron chi connectivity index (χ3n) is 6.28. The lowest BCUT2D eigenvalue weighted by molar-refractivity contribution is -0.126. The molecule has 9 heteroatoms. The molecule has 0 bridgehead atoms. The first kappa shape index (κ1) is 25.6. The molecule has 1 fully saturated rings. The first-order chi connectivity index (χ1) is 18.0. The molecule has 0 saturated carbocycles. The monoisotopic (exact) mass is 497 g/mol. The summed E-state index contributed by atoms with van der Waals surface area (Å²) in [5.41, 5.74) is 8.71. The summed E-state index contributed by atoms with van der Waals surface area (Å²) in [4.78, 5) is 42.0. The van der Waals surface area contributed by atoms with E-state index in [4.69, 9.17) is 5.73 Å². The summed E-state index contributed by atoms with van der Waals surface area (Å²) in [6, 6.07) is 7.09. The van der Waals surface area contributed by atoms with Gasteiger partial charge in [0, 0.05) is 42.7 Å². The van der Waals surface area contributed by atoms with Crippen LogP contribution in [0.15, 0.2) is 93.8 Å². The predicted molar refractivity (Wildman–Crippen MR) is 148 cm³/mol. The maximum atomic E-state index is 12.7. The molecule has 1 saturated heterocycles. The van der Waals surface area contributed by atoms with Gasteiger partial charge in [-0.05, 0) is 50.8 Å². The molecular weight excluding hydrogens is 466 g/mol. The van der Waals surface area contributed by atoms with Gasteiger partial charge in [-0.3, -0.25) is 19.6 Å². The molecule has 0 aliphatic carbocycles. The molecule has 3 aliphatic rings. The molecule has 3 aliphatic heterocycles. The van der Waals surface area contributed by atoms with Crippen LogP contribution < -0.4 is 11.1 Å². The molecule has 0 unspecified atom stereocenters. The average molecular weight is 498 g/mol. The van der Waals surface area contributed by atoms with Crippen LogP contribution in [-0.4, -0.2) is 65.7 Å². The molecule has 1 aromatic rings. The minimum Gasteiger partial charge on any atom is -0.382 e. The lowest BCUT2D eigenvalue weighted by Gasteiger charge is -2.32. The summed E-state index contributed by atoms with van der Waals surface area (Å²) >= 11 is 0. The molecule has 0 spiro atoms. The minimum atomic E-state index is -0.256. The Morgan fingerprint density at radius 3 is 2.78 bits per heavy atom. The van der Waals surface area contributed by atoms with Gasteiger partial charge in [0.05, 0.1) is 12.2 Å². The smallest absolute Gasteiger partial charge is 0.256 e. The summed E-state index contributed by atoms with van der Waals surface area (Å²) in [6.07, 6.45) is 16.1. The van der Waals surface area contributed by atoms with Crippen molar-refractivity contribution in [2.24, 2.45) is 20.7 Å². The Balaban J connectivity index is 1.57. The number of hydrogen-bond acceptors (Lipinski definition) is 7. The van der Waals surface area contributed by atoms with Crippen LogP contribution in [0.1, 0.15) is 35.7 Å². The van der Waals surface area contributed by atoms with Crippen molar-refractivity contribution in [1.82, 2.24) is 15.1 Å². The maximum absolute atomic E-state index is 12.7. The topological polar surface area (TPSA) is 116 Å². The van der Waals surface area contributed by atoms with E-state index in [0.29, 0.717) is 41.7 Å². The van der Waals surface area contributed by atoms with Crippen LogP contribution in [-0.2, 0) is 4.79 Å². The number of amides is 2. The molecule has 3 heterocycles. The average Bonchev–Trinajstić information content (AvgIpc) is 3.21. The Hall–Kier alpha value is -4.53. The van der Waals surface area contributed by atoms with E-state index < -0.39 is 0 Å². The Bertz CT molecular complexity index is 1270. The third kappa shape index (κ3) is 6.00. The molecule has 37 heavy (non-hydrogen) atoms. The first-order valence-electron chi connectivity index (χ1n) is 12.2. The second-order valence-corrected chi connectivity index (χ2v) is 8.69. The summed E-state index contributed by atoms with van der Waals surface area (Å²) < 4.78 is 0. The van der Waals surface area contributed by atoms with Crippen LogP contribution in [0.2, 0.25) is 0 Å². The number of nitrogens with zero attached hydrogens (tertiary/aromatic N) is 5. The van der Waals surface area contributed by atoms with Crippen LogP contribution in [0.25, 0.3) is 5.70 Å². The fourth-order valence-corrected chi connectivity index (χ4v) is 4.51. The highest BCUT2D eigenvalue weighted by Crippen LogP contribution is 2.28. The molecule has 2 amide bonds. The summed E-state index contributed by atoms with van der Waals surface area (Å²) in [5, 5.41) is 2.82. The van der Waals surface area contributed by atoms with Crippen molar-refractivity contribution in [2.75, 3.05) is 19.6 Å². The van der Waals surface area contributed by atoms with Crippen molar-refractivity contribution < 1.29 is 9.59 Å². The second kappa shape index (κ2) is 11.9. The number of aliphatic imine (C=N–C) groups is 3. The number of rotatable bonds is 6. The Morgan fingerprint density at radius 1 is 1.24 bits per heavy atom. The van der Waals surface area contributed by atoms with Gasteiger partial charge in [-0.15, -0.1) is 0 Å². The van der Waals surface area contributed by atoms with Gasteiger partial charge >= 0.3 is 0 Å². The lowest BCUT2D eigenvalue weighted by Crippen LogP contribution is -2.43. The zero-order valence-corrected chi connectivity index (χ0v) is 20.9. The summed E-state index contributed by atoms with van der Waals surface area (Å²) in [7, 11) is 0. The molecule has 1 aromatic carbocycles. The number of nitrogens with two attached hydrogens (primary N) is 1. The van der Waals surface area contributed by atoms with Crippen molar-refractivity contribution in [3.8, 4) is 0 Å². The maximum Gasteiger partial charge on any atom is 0.256 e. The normalized spacial score (nSPS) is 20.5. The van der Waals surface area contributed by atoms with E-state index in [2.05, 4.69) is 27.0 Å². The van der Waals surface area contributed by atoms with E-state index in [0.717, 1.165) is 24.9 Å².